The summed E-state index contributed by atoms with van der Waals surface area (Å²) in [6.45, 7) is 9.51. The van der Waals surface area contributed by atoms with Crippen LogP contribution in [0.3, 0.4) is 0 Å². The second-order valence-corrected chi connectivity index (χ2v) is 9.14. The zero-order valence-corrected chi connectivity index (χ0v) is 17.6. The van der Waals surface area contributed by atoms with Gasteiger partial charge in [0.25, 0.3) is 0 Å². The number of fused-ring (bicyclic) bond motifs is 2. The topological polar surface area (TPSA) is 12.9 Å². The third-order valence-electron chi connectivity index (χ3n) is 6.90. The van der Waals surface area contributed by atoms with Crippen LogP contribution >= 0.6 is 0 Å². The average Bonchev–Trinajstić information content (AvgIpc) is 3.24. The van der Waals surface area contributed by atoms with Crippen LogP contribution in [0.25, 0.3) is 23.3 Å². The summed E-state index contributed by atoms with van der Waals surface area (Å²) in [5.74, 6) is 0.835. The Morgan fingerprint density at radius 2 is 1.38 bits per heavy atom. The molecule has 0 amide bonds. The molecule has 5 rings (SSSR count). The van der Waals surface area contributed by atoms with E-state index in [0.717, 1.165) is 0 Å². The molecule has 2 aliphatic carbocycles. The highest BCUT2D eigenvalue weighted by Crippen LogP contribution is 2.58. The van der Waals surface area contributed by atoms with Gasteiger partial charge in [0.2, 0.25) is 0 Å². The van der Waals surface area contributed by atoms with Crippen molar-refractivity contribution in [3.63, 3.8) is 0 Å². The fourth-order valence-electron chi connectivity index (χ4n) is 5.96. The minimum absolute atomic E-state index is 0.0793. The standard InChI is InChI=1S/C28H27N/c1-18-16-21-8-5-6-9-23(21)26(18)28(3,4)27-19(2)17-25-22(10-7-11-24(25)27)20-12-14-29-15-13-20/h5-17,26-27H,1-4H3. The molecule has 29 heavy (non-hydrogen) atoms. The number of hydrogen-bond acceptors (Lipinski definition) is 1. The van der Waals surface area contributed by atoms with Crippen LogP contribution in [0, 0.1) is 5.41 Å². The monoisotopic (exact) mass is 377 g/mol. The molecule has 0 spiro atoms. The minimum Gasteiger partial charge on any atom is -0.265 e. The second-order valence-electron chi connectivity index (χ2n) is 9.14. The molecule has 2 aromatic carbocycles. The number of rotatable bonds is 3. The van der Waals surface area contributed by atoms with E-state index in [1.807, 2.05) is 12.4 Å². The highest BCUT2D eigenvalue weighted by atomic mass is 14.6. The summed E-state index contributed by atoms with van der Waals surface area (Å²) in [6, 6.07) is 19.9. The smallest absolute Gasteiger partial charge is 0.0273 e. The first-order valence-electron chi connectivity index (χ1n) is 10.5. The van der Waals surface area contributed by atoms with Crippen LogP contribution in [0.4, 0.5) is 0 Å². The van der Waals surface area contributed by atoms with Crippen molar-refractivity contribution < 1.29 is 0 Å². The summed E-state index contributed by atoms with van der Waals surface area (Å²) in [7, 11) is 0. The van der Waals surface area contributed by atoms with E-state index in [2.05, 4.69) is 99.4 Å². The predicted octanol–water partition coefficient (Wildman–Crippen LogP) is 7.48. The molecule has 0 aliphatic heterocycles. The second kappa shape index (κ2) is 6.56. The zero-order chi connectivity index (χ0) is 20.2. The van der Waals surface area contributed by atoms with E-state index in [1.165, 1.54) is 44.5 Å². The maximum absolute atomic E-state index is 4.19. The number of hydrogen-bond donors (Lipinski definition) is 0. The Kier molecular flexibility index (Phi) is 4.10. The number of pyridine rings is 1. The average molecular weight is 378 g/mol. The molecule has 0 saturated carbocycles. The SMILES string of the molecule is CC1=Cc2ccccc2C1C(C)(C)C1C(C)=Cc2c(-c3ccncc3)cccc21. The Labute approximate surface area is 173 Å². The van der Waals surface area contributed by atoms with Gasteiger partial charge in [-0.2, -0.15) is 0 Å². The van der Waals surface area contributed by atoms with E-state index >= 15 is 0 Å². The Bertz CT molecular complexity index is 1150. The molecule has 1 heteroatoms. The van der Waals surface area contributed by atoms with Gasteiger partial charge in [-0.05, 0) is 64.8 Å². The largest absolute Gasteiger partial charge is 0.265 e. The summed E-state index contributed by atoms with van der Waals surface area (Å²) in [5, 5.41) is 0. The van der Waals surface area contributed by atoms with Gasteiger partial charge in [-0.15, -0.1) is 0 Å². The Hall–Kier alpha value is -2.93. The van der Waals surface area contributed by atoms with Crippen LogP contribution < -0.4 is 0 Å². The summed E-state index contributed by atoms with van der Waals surface area (Å²) >= 11 is 0. The van der Waals surface area contributed by atoms with Gasteiger partial charge >= 0.3 is 0 Å². The lowest BCUT2D eigenvalue weighted by Gasteiger charge is -2.41. The van der Waals surface area contributed by atoms with E-state index in [0.29, 0.717) is 11.8 Å². The van der Waals surface area contributed by atoms with Gasteiger partial charge in [-0.25, -0.2) is 0 Å². The van der Waals surface area contributed by atoms with Crippen molar-refractivity contribution in [2.75, 3.05) is 0 Å². The molecule has 1 aromatic heterocycles. The van der Waals surface area contributed by atoms with Gasteiger partial charge in [0.1, 0.15) is 0 Å². The molecule has 2 unspecified atom stereocenters. The van der Waals surface area contributed by atoms with Crippen LogP contribution in [-0.4, -0.2) is 4.98 Å². The maximum Gasteiger partial charge on any atom is 0.0273 e. The first-order valence-corrected chi connectivity index (χ1v) is 10.5. The fourth-order valence-corrected chi connectivity index (χ4v) is 5.96. The number of aromatic nitrogens is 1. The number of allylic oxidation sites excluding steroid dienone is 2. The quantitative estimate of drug-likeness (QED) is 0.461. The van der Waals surface area contributed by atoms with E-state index in [1.54, 1.807) is 0 Å². The predicted molar refractivity (Wildman–Crippen MR) is 123 cm³/mol. The van der Waals surface area contributed by atoms with E-state index < -0.39 is 0 Å². The van der Waals surface area contributed by atoms with Gasteiger partial charge in [0.15, 0.2) is 0 Å². The lowest BCUT2D eigenvalue weighted by Crippen LogP contribution is -2.29. The van der Waals surface area contributed by atoms with Crippen molar-refractivity contribution >= 4 is 12.2 Å². The maximum atomic E-state index is 4.19. The molecule has 2 aliphatic rings. The van der Waals surface area contributed by atoms with Gasteiger partial charge in [0.05, 0.1) is 0 Å². The molecule has 0 bridgehead atoms. The van der Waals surface area contributed by atoms with Gasteiger partial charge in [0, 0.05) is 24.2 Å². The molecule has 0 fully saturated rings. The van der Waals surface area contributed by atoms with Gasteiger partial charge in [-0.3, -0.25) is 4.98 Å². The molecule has 1 nitrogen and oxygen atoms in total. The van der Waals surface area contributed by atoms with Gasteiger partial charge < -0.3 is 0 Å². The third-order valence-corrected chi connectivity index (χ3v) is 6.90. The number of nitrogens with zero attached hydrogens (tertiary/aromatic N) is 1. The van der Waals surface area contributed by atoms with Crippen molar-refractivity contribution in [3.8, 4) is 11.1 Å². The molecule has 0 radical (unpaired) electrons. The van der Waals surface area contributed by atoms with Crippen LogP contribution in [0.15, 0.2) is 78.1 Å². The van der Waals surface area contributed by atoms with Crippen molar-refractivity contribution in [2.45, 2.75) is 39.5 Å². The lowest BCUT2D eigenvalue weighted by molar-refractivity contribution is 0.275. The first kappa shape index (κ1) is 18.1. The summed E-state index contributed by atoms with van der Waals surface area (Å²) in [6.07, 6.45) is 8.55. The first-order chi connectivity index (χ1) is 14.0. The molecule has 2 atom stereocenters. The lowest BCUT2D eigenvalue weighted by atomic mass is 9.62. The fraction of sp³-hybridized carbons (Fsp3) is 0.250. The highest BCUT2D eigenvalue weighted by Gasteiger charge is 2.45. The molecule has 144 valence electrons. The molecular formula is C28H27N. The van der Waals surface area contributed by atoms with Gasteiger partial charge in [-0.1, -0.05) is 79.6 Å². The summed E-state index contributed by atoms with van der Waals surface area (Å²) < 4.78 is 0. The molecular weight excluding hydrogens is 350 g/mol. The summed E-state index contributed by atoms with van der Waals surface area (Å²) in [5.41, 5.74) is 11.3. The van der Waals surface area contributed by atoms with Crippen molar-refractivity contribution in [1.82, 2.24) is 4.98 Å². The number of benzene rings is 2. The van der Waals surface area contributed by atoms with Crippen LogP contribution in [0.2, 0.25) is 0 Å². The third kappa shape index (κ3) is 2.72. The van der Waals surface area contributed by atoms with Crippen LogP contribution in [0.1, 0.15) is 61.8 Å². The Balaban J connectivity index is 1.63. The van der Waals surface area contributed by atoms with Crippen molar-refractivity contribution in [2.24, 2.45) is 5.41 Å². The Morgan fingerprint density at radius 1 is 0.724 bits per heavy atom. The van der Waals surface area contributed by atoms with E-state index in [9.17, 15) is 0 Å². The molecule has 3 aromatic rings. The Morgan fingerprint density at radius 3 is 2.17 bits per heavy atom. The van der Waals surface area contributed by atoms with Crippen molar-refractivity contribution in [1.29, 1.82) is 0 Å². The normalized spacial score (nSPS) is 20.1. The zero-order valence-electron chi connectivity index (χ0n) is 17.6. The minimum atomic E-state index is 0.0793. The summed E-state index contributed by atoms with van der Waals surface area (Å²) in [4.78, 5) is 4.19. The molecule has 0 saturated heterocycles. The molecule has 1 heterocycles. The molecule has 0 N–H and O–H groups in total. The highest BCUT2D eigenvalue weighted by molar-refractivity contribution is 5.82. The van der Waals surface area contributed by atoms with E-state index in [-0.39, 0.29) is 5.41 Å². The van der Waals surface area contributed by atoms with Crippen LogP contribution in [-0.2, 0) is 0 Å². The van der Waals surface area contributed by atoms with Crippen molar-refractivity contribution in [3.05, 3.63) is 100 Å². The van der Waals surface area contributed by atoms with Crippen LogP contribution in [0.5, 0.6) is 0 Å². The van der Waals surface area contributed by atoms with E-state index in [4.69, 9.17) is 0 Å².